The Morgan fingerprint density at radius 1 is 1.33 bits per heavy atom. The first-order valence-corrected chi connectivity index (χ1v) is 5.64. The van der Waals surface area contributed by atoms with Crippen molar-refractivity contribution >= 4 is 27.9 Å². The van der Waals surface area contributed by atoms with E-state index >= 15 is 0 Å². The van der Waals surface area contributed by atoms with Gasteiger partial charge in [0.1, 0.15) is 5.82 Å². The molecule has 0 saturated heterocycles. The fourth-order valence-electron chi connectivity index (χ4n) is 1.41. The van der Waals surface area contributed by atoms with Gasteiger partial charge < -0.3 is 5.73 Å². The lowest BCUT2D eigenvalue weighted by Gasteiger charge is -2.03. The normalized spacial score (nSPS) is 10.6. The topological polar surface area (TPSA) is 26.0 Å². The minimum absolute atomic E-state index is 0.316. The molecule has 2 aromatic rings. The lowest BCUT2D eigenvalue weighted by atomic mass is 10.0. The highest BCUT2D eigenvalue weighted by molar-refractivity contribution is 7.14. The van der Waals surface area contributed by atoms with Gasteiger partial charge in [-0.05, 0) is 30.7 Å². The molecule has 1 aromatic carbocycles. The van der Waals surface area contributed by atoms with Crippen molar-refractivity contribution < 1.29 is 4.39 Å². The Morgan fingerprint density at radius 3 is 2.60 bits per heavy atom. The van der Waals surface area contributed by atoms with Crippen LogP contribution in [0.25, 0.3) is 11.1 Å². The quantitative estimate of drug-likeness (QED) is 0.799. The van der Waals surface area contributed by atoms with Crippen molar-refractivity contribution in [2.24, 2.45) is 0 Å². The third kappa shape index (κ3) is 1.85. The van der Waals surface area contributed by atoms with E-state index in [2.05, 4.69) is 0 Å². The maximum atomic E-state index is 13.6. The zero-order valence-corrected chi connectivity index (χ0v) is 9.62. The minimum Gasteiger partial charge on any atom is -0.390 e. The van der Waals surface area contributed by atoms with Crippen LogP contribution in [0.1, 0.15) is 5.56 Å². The number of benzene rings is 1. The van der Waals surface area contributed by atoms with E-state index < -0.39 is 0 Å². The molecule has 4 heteroatoms. The Hall–Kier alpha value is -1.06. The van der Waals surface area contributed by atoms with Crippen LogP contribution in [0.15, 0.2) is 23.6 Å². The fraction of sp³-hybridized carbons (Fsp3) is 0.0909. The van der Waals surface area contributed by atoms with Crippen LogP contribution in [0.3, 0.4) is 0 Å². The molecule has 0 atom stereocenters. The molecule has 0 saturated carbocycles. The van der Waals surface area contributed by atoms with Crippen molar-refractivity contribution in [2.75, 3.05) is 5.73 Å². The number of hydrogen-bond donors (Lipinski definition) is 1. The summed E-state index contributed by atoms with van der Waals surface area (Å²) in [6.07, 6.45) is 0. The number of nitrogen functional groups attached to an aromatic ring is 1. The Labute approximate surface area is 96.3 Å². The van der Waals surface area contributed by atoms with Crippen LogP contribution in [0, 0.1) is 12.7 Å². The standard InChI is InChI=1S/C11H9ClFNS/c1-6-9(5-15-11(6)14)8-3-2-7(12)4-10(8)13/h2-5H,14H2,1H3. The first-order valence-electron chi connectivity index (χ1n) is 4.38. The lowest BCUT2D eigenvalue weighted by molar-refractivity contribution is 0.631. The van der Waals surface area contributed by atoms with E-state index in [0.29, 0.717) is 10.6 Å². The highest BCUT2D eigenvalue weighted by atomic mass is 35.5. The van der Waals surface area contributed by atoms with E-state index in [0.717, 1.165) is 16.1 Å². The largest absolute Gasteiger partial charge is 0.390 e. The number of nitrogens with two attached hydrogens (primary N) is 1. The highest BCUT2D eigenvalue weighted by Crippen LogP contribution is 2.34. The van der Waals surface area contributed by atoms with Crippen molar-refractivity contribution in [3.8, 4) is 11.1 Å². The SMILES string of the molecule is Cc1c(-c2ccc(Cl)cc2F)csc1N. The molecule has 0 unspecified atom stereocenters. The fourth-order valence-corrected chi connectivity index (χ4v) is 2.40. The second kappa shape index (κ2) is 3.83. The summed E-state index contributed by atoms with van der Waals surface area (Å²) in [5.41, 5.74) is 8.03. The molecule has 0 aliphatic carbocycles. The molecule has 2 N–H and O–H groups in total. The van der Waals surface area contributed by atoms with Crippen LogP contribution < -0.4 is 5.73 Å². The molecule has 1 heterocycles. The summed E-state index contributed by atoms with van der Waals surface area (Å²) >= 11 is 7.10. The Kier molecular flexibility index (Phi) is 2.67. The summed E-state index contributed by atoms with van der Waals surface area (Å²) in [4.78, 5) is 0. The number of rotatable bonds is 1. The van der Waals surface area contributed by atoms with Gasteiger partial charge in [-0.15, -0.1) is 11.3 Å². The van der Waals surface area contributed by atoms with E-state index in [4.69, 9.17) is 17.3 Å². The summed E-state index contributed by atoms with van der Waals surface area (Å²) in [5.74, 6) is -0.316. The first kappa shape index (κ1) is 10.5. The number of halogens is 2. The summed E-state index contributed by atoms with van der Waals surface area (Å²) in [5, 5.41) is 2.98. The highest BCUT2D eigenvalue weighted by Gasteiger charge is 2.11. The Morgan fingerprint density at radius 2 is 2.07 bits per heavy atom. The van der Waals surface area contributed by atoms with E-state index in [1.807, 2.05) is 12.3 Å². The molecule has 78 valence electrons. The second-order valence-corrected chi connectivity index (χ2v) is 4.61. The predicted molar refractivity (Wildman–Crippen MR) is 63.9 cm³/mol. The first-order chi connectivity index (χ1) is 7.09. The van der Waals surface area contributed by atoms with E-state index in [-0.39, 0.29) is 5.82 Å². The molecule has 0 amide bonds. The van der Waals surface area contributed by atoms with Crippen LogP contribution in [-0.2, 0) is 0 Å². The van der Waals surface area contributed by atoms with Gasteiger partial charge in [0.15, 0.2) is 0 Å². The molecule has 0 bridgehead atoms. The van der Waals surface area contributed by atoms with Crippen molar-refractivity contribution in [3.63, 3.8) is 0 Å². The van der Waals surface area contributed by atoms with Gasteiger partial charge in [0.2, 0.25) is 0 Å². The third-order valence-corrected chi connectivity index (χ3v) is 3.45. The maximum absolute atomic E-state index is 13.6. The van der Waals surface area contributed by atoms with E-state index in [1.165, 1.54) is 17.4 Å². The van der Waals surface area contributed by atoms with Crippen molar-refractivity contribution in [2.45, 2.75) is 6.92 Å². The van der Waals surface area contributed by atoms with Gasteiger partial charge >= 0.3 is 0 Å². The summed E-state index contributed by atoms with van der Waals surface area (Å²) in [6.45, 7) is 1.88. The smallest absolute Gasteiger partial charge is 0.132 e. The molecule has 15 heavy (non-hydrogen) atoms. The van der Waals surface area contributed by atoms with Gasteiger partial charge in [0.25, 0.3) is 0 Å². The molecule has 0 aliphatic rings. The van der Waals surface area contributed by atoms with Gasteiger partial charge in [0, 0.05) is 21.5 Å². The minimum atomic E-state index is -0.316. The van der Waals surface area contributed by atoms with E-state index in [9.17, 15) is 4.39 Å². The van der Waals surface area contributed by atoms with Crippen LogP contribution in [0.4, 0.5) is 9.39 Å². The predicted octanol–water partition coefficient (Wildman–Crippen LogP) is 4.10. The number of anilines is 1. The van der Waals surface area contributed by atoms with E-state index in [1.54, 1.807) is 12.1 Å². The van der Waals surface area contributed by atoms with Gasteiger partial charge in [0.05, 0.1) is 5.00 Å². The molecule has 2 rings (SSSR count). The Balaban J connectivity index is 2.59. The van der Waals surface area contributed by atoms with Crippen LogP contribution in [0.5, 0.6) is 0 Å². The van der Waals surface area contributed by atoms with Crippen molar-refractivity contribution in [1.82, 2.24) is 0 Å². The van der Waals surface area contributed by atoms with Crippen molar-refractivity contribution in [3.05, 3.63) is 40.0 Å². The molecular weight excluding hydrogens is 233 g/mol. The zero-order chi connectivity index (χ0) is 11.0. The van der Waals surface area contributed by atoms with Crippen LogP contribution in [0.2, 0.25) is 5.02 Å². The molecule has 0 radical (unpaired) electrons. The summed E-state index contributed by atoms with van der Waals surface area (Å²) < 4.78 is 13.6. The maximum Gasteiger partial charge on any atom is 0.132 e. The molecule has 0 fully saturated rings. The van der Waals surface area contributed by atoms with Crippen LogP contribution in [-0.4, -0.2) is 0 Å². The van der Waals surface area contributed by atoms with Gasteiger partial charge in [-0.2, -0.15) is 0 Å². The molecular formula is C11H9ClFNS. The molecule has 1 aromatic heterocycles. The summed E-state index contributed by atoms with van der Waals surface area (Å²) in [7, 11) is 0. The Bertz CT molecular complexity index is 507. The lowest BCUT2D eigenvalue weighted by Crippen LogP contribution is -1.87. The van der Waals surface area contributed by atoms with Crippen molar-refractivity contribution in [1.29, 1.82) is 0 Å². The van der Waals surface area contributed by atoms with Gasteiger partial charge in [-0.1, -0.05) is 11.6 Å². The van der Waals surface area contributed by atoms with Gasteiger partial charge in [-0.25, -0.2) is 4.39 Å². The molecule has 0 aliphatic heterocycles. The van der Waals surface area contributed by atoms with Gasteiger partial charge in [-0.3, -0.25) is 0 Å². The monoisotopic (exact) mass is 241 g/mol. The second-order valence-electron chi connectivity index (χ2n) is 3.26. The third-order valence-electron chi connectivity index (χ3n) is 2.30. The molecule has 1 nitrogen and oxygen atoms in total. The number of thiophene rings is 1. The molecule has 0 spiro atoms. The zero-order valence-electron chi connectivity index (χ0n) is 8.05. The van der Waals surface area contributed by atoms with Crippen LogP contribution >= 0.6 is 22.9 Å². The average Bonchev–Trinajstić information content (AvgIpc) is 2.49. The number of hydrogen-bond acceptors (Lipinski definition) is 2. The average molecular weight is 242 g/mol. The summed E-state index contributed by atoms with van der Waals surface area (Å²) in [6, 6.07) is 4.66.